The summed E-state index contributed by atoms with van der Waals surface area (Å²) in [6.45, 7) is 4.58. The number of hydrogen-bond acceptors (Lipinski definition) is 4. The third-order valence-corrected chi connectivity index (χ3v) is 2.59. The standard InChI is InChI=1S/C10H18N4O/c1-12-9-10(15)14-7-5-13(6-8-14)4-2-3-11/h12H,2,4-9H2,1H3. The first-order valence-electron chi connectivity index (χ1n) is 5.29. The quantitative estimate of drug-likeness (QED) is 0.664. The van der Waals surface area contributed by atoms with E-state index in [1.54, 1.807) is 7.05 Å². The van der Waals surface area contributed by atoms with Gasteiger partial charge >= 0.3 is 0 Å². The van der Waals surface area contributed by atoms with E-state index >= 15 is 0 Å². The molecule has 0 atom stereocenters. The maximum absolute atomic E-state index is 11.5. The molecule has 0 aliphatic carbocycles. The summed E-state index contributed by atoms with van der Waals surface area (Å²) in [5, 5.41) is 11.3. The predicted molar refractivity (Wildman–Crippen MR) is 57.2 cm³/mol. The van der Waals surface area contributed by atoms with Gasteiger partial charge in [0.2, 0.25) is 5.91 Å². The van der Waals surface area contributed by atoms with Crippen molar-refractivity contribution in [3.8, 4) is 6.07 Å². The highest BCUT2D eigenvalue weighted by molar-refractivity contribution is 5.78. The Morgan fingerprint density at radius 1 is 1.40 bits per heavy atom. The smallest absolute Gasteiger partial charge is 0.236 e. The summed E-state index contributed by atoms with van der Waals surface area (Å²) in [6, 6.07) is 2.14. The first kappa shape index (κ1) is 12.0. The number of piperazine rings is 1. The molecule has 84 valence electrons. The Kier molecular flexibility index (Phi) is 5.08. The number of nitrogens with one attached hydrogen (secondary N) is 1. The Balaban J connectivity index is 2.23. The molecule has 1 heterocycles. The lowest BCUT2D eigenvalue weighted by molar-refractivity contribution is -0.131. The molecule has 1 aliphatic rings. The molecule has 0 bridgehead atoms. The van der Waals surface area contributed by atoms with Crippen molar-refractivity contribution in [3.05, 3.63) is 0 Å². The van der Waals surface area contributed by atoms with Crippen LogP contribution in [-0.2, 0) is 4.79 Å². The van der Waals surface area contributed by atoms with Gasteiger partial charge in [0.25, 0.3) is 0 Å². The van der Waals surface area contributed by atoms with E-state index in [0.29, 0.717) is 13.0 Å². The molecule has 0 radical (unpaired) electrons. The van der Waals surface area contributed by atoms with E-state index in [4.69, 9.17) is 5.26 Å². The summed E-state index contributed by atoms with van der Waals surface area (Å²) in [7, 11) is 1.78. The maximum Gasteiger partial charge on any atom is 0.236 e. The number of carbonyl (C=O) groups excluding carboxylic acids is 1. The molecule has 1 aliphatic heterocycles. The minimum absolute atomic E-state index is 0.164. The molecular weight excluding hydrogens is 192 g/mol. The van der Waals surface area contributed by atoms with Gasteiger partial charge in [-0.05, 0) is 7.05 Å². The van der Waals surface area contributed by atoms with Crippen molar-refractivity contribution in [2.75, 3.05) is 46.3 Å². The van der Waals surface area contributed by atoms with Crippen LogP contribution in [0.25, 0.3) is 0 Å². The van der Waals surface area contributed by atoms with Crippen LogP contribution in [0.4, 0.5) is 0 Å². The van der Waals surface area contributed by atoms with E-state index in [2.05, 4.69) is 16.3 Å². The SMILES string of the molecule is CNCC(=O)N1CCN(CCC#N)CC1. The van der Waals surface area contributed by atoms with Gasteiger partial charge in [0.05, 0.1) is 12.6 Å². The highest BCUT2D eigenvalue weighted by atomic mass is 16.2. The molecule has 0 spiro atoms. The third-order valence-electron chi connectivity index (χ3n) is 2.59. The average Bonchev–Trinajstić information content (AvgIpc) is 2.27. The Morgan fingerprint density at radius 3 is 2.60 bits per heavy atom. The second-order valence-electron chi connectivity index (χ2n) is 3.66. The fourth-order valence-corrected chi connectivity index (χ4v) is 1.69. The monoisotopic (exact) mass is 210 g/mol. The van der Waals surface area contributed by atoms with Gasteiger partial charge in [-0.25, -0.2) is 0 Å². The summed E-state index contributed by atoms with van der Waals surface area (Å²) >= 11 is 0. The lowest BCUT2D eigenvalue weighted by atomic mass is 10.3. The zero-order valence-electron chi connectivity index (χ0n) is 9.20. The van der Waals surface area contributed by atoms with Crippen LogP contribution >= 0.6 is 0 Å². The predicted octanol–water partition coefficient (Wildman–Crippen LogP) is -0.736. The number of carbonyl (C=O) groups is 1. The Labute approximate surface area is 90.6 Å². The number of likely N-dealkylation sites (N-methyl/N-ethyl adjacent to an activating group) is 1. The molecule has 0 saturated carbocycles. The molecule has 1 rings (SSSR count). The Morgan fingerprint density at radius 2 is 2.07 bits per heavy atom. The zero-order chi connectivity index (χ0) is 11.1. The van der Waals surface area contributed by atoms with Crippen LogP contribution in [0.3, 0.4) is 0 Å². The fourth-order valence-electron chi connectivity index (χ4n) is 1.69. The maximum atomic E-state index is 11.5. The van der Waals surface area contributed by atoms with E-state index in [1.807, 2.05) is 4.90 Å². The number of hydrogen-bond donors (Lipinski definition) is 1. The summed E-state index contributed by atoms with van der Waals surface area (Å²) in [4.78, 5) is 15.6. The van der Waals surface area contributed by atoms with E-state index < -0.39 is 0 Å². The molecule has 1 saturated heterocycles. The number of amides is 1. The van der Waals surface area contributed by atoms with Gasteiger partial charge < -0.3 is 10.2 Å². The van der Waals surface area contributed by atoms with Crippen molar-refractivity contribution in [1.82, 2.24) is 15.1 Å². The van der Waals surface area contributed by atoms with Crippen LogP contribution in [0.1, 0.15) is 6.42 Å². The lowest BCUT2D eigenvalue weighted by Crippen LogP contribution is -2.50. The number of nitriles is 1. The Bertz CT molecular complexity index is 240. The van der Waals surface area contributed by atoms with Gasteiger partial charge in [0.15, 0.2) is 0 Å². The second-order valence-corrected chi connectivity index (χ2v) is 3.66. The van der Waals surface area contributed by atoms with Crippen LogP contribution in [-0.4, -0.2) is 62.0 Å². The first-order chi connectivity index (χ1) is 7.27. The molecule has 1 N–H and O–H groups in total. The molecule has 1 amide bonds. The van der Waals surface area contributed by atoms with Crippen LogP contribution < -0.4 is 5.32 Å². The fraction of sp³-hybridized carbons (Fsp3) is 0.800. The van der Waals surface area contributed by atoms with Crippen LogP contribution in [0, 0.1) is 11.3 Å². The van der Waals surface area contributed by atoms with Crippen LogP contribution in [0.2, 0.25) is 0 Å². The summed E-state index contributed by atoms with van der Waals surface area (Å²) < 4.78 is 0. The largest absolute Gasteiger partial charge is 0.339 e. The van der Waals surface area contributed by atoms with E-state index in [-0.39, 0.29) is 5.91 Å². The van der Waals surface area contributed by atoms with Gasteiger partial charge in [0, 0.05) is 39.1 Å². The van der Waals surface area contributed by atoms with Gasteiger partial charge in [-0.2, -0.15) is 5.26 Å². The summed E-state index contributed by atoms with van der Waals surface area (Å²) in [5.41, 5.74) is 0. The van der Waals surface area contributed by atoms with Crippen LogP contribution in [0.5, 0.6) is 0 Å². The summed E-state index contributed by atoms with van der Waals surface area (Å²) in [6.07, 6.45) is 0.574. The molecule has 5 heteroatoms. The highest BCUT2D eigenvalue weighted by Gasteiger charge is 2.19. The number of rotatable bonds is 4. The molecular formula is C10H18N4O. The van der Waals surface area contributed by atoms with Crippen molar-refractivity contribution >= 4 is 5.91 Å². The molecule has 1 fully saturated rings. The van der Waals surface area contributed by atoms with E-state index in [1.165, 1.54) is 0 Å². The molecule has 15 heavy (non-hydrogen) atoms. The Hall–Kier alpha value is -1.12. The molecule has 0 aromatic rings. The highest BCUT2D eigenvalue weighted by Crippen LogP contribution is 2.02. The zero-order valence-corrected chi connectivity index (χ0v) is 9.20. The second kappa shape index (κ2) is 6.38. The van der Waals surface area contributed by atoms with Gasteiger partial charge in [-0.1, -0.05) is 0 Å². The van der Waals surface area contributed by atoms with Gasteiger partial charge in [-0.15, -0.1) is 0 Å². The van der Waals surface area contributed by atoms with Crippen LogP contribution in [0.15, 0.2) is 0 Å². The topological polar surface area (TPSA) is 59.4 Å². The molecule has 0 aromatic heterocycles. The average molecular weight is 210 g/mol. The van der Waals surface area contributed by atoms with Crippen molar-refractivity contribution < 1.29 is 4.79 Å². The van der Waals surface area contributed by atoms with Crippen molar-refractivity contribution in [2.45, 2.75) is 6.42 Å². The molecule has 0 aromatic carbocycles. The minimum atomic E-state index is 0.164. The third kappa shape index (κ3) is 3.86. The molecule has 5 nitrogen and oxygen atoms in total. The van der Waals surface area contributed by atoms with Gasteiger partial charge in [0.1, 0.15) is 0 Å². The van der Waals surface area contributed by atoms with Gasteiger partial charge in [-0.3, -0.25) is 9.69 Å². The summed E-state index contributed by atoms with van der Waals surface area (Å²) in [5.74, 6) is 0.164. The molecule has 0 unspecified atom stereocenters. The van der Waals surface area contributed by atoms with Crippen molar-refractivity contribution in [1.29, 1.82) is 5.26 Å². The van der Waals surface area contributed by atoms with E-state index in [0.717, 1.165) is 32.7 Å². The minimum Gasteiger partial charge on any atom is -0.339 e. The van der Waals surface area contributed by atoms with E-state index in [9.17, 15) is 4.79 Å². The first-order valence-corrected chi connectivity index (χ1v) is 5.29. The van der Waals surface area contributed by atoms with Crippen molar-refractivity contribution in [2.24, 2.45) is 0 Å². The number of nitrogens with zero attached hydrogens (tertiary/aromatic N) is 3. The van der Waals surface area contributed by atoms with Crippen molar-refractivity contribution in [3.63, 3.8) is 0 Å². The lowest BCUT2D eigenvalue weighted by Gasteiger charge is -2.34. The normalized spacial score (nSPS) is 17.5.